The summed E-state index contributed by atoms with van der Waals surface area (Å²) in [6.45, 7) is 0. The standard InChI is InChI=1S/C18H17F3OS2/c19-18(20,21)15-9-7-14(8-10-15)16(13-5-2-1-3-6-13)17-23-11-4-12-24(17)22/h1-3,5-10,16-17H,4,11-12H2/t16-,17-,24?/m0/s1. The molecule has 0 saturated carbocycles. The fraction of sp³-hybridized carbons (Fsp3) is 0.333. The van der Waals surface area contributed by atoms with Crippen molar-refractivity contribution < 1.29 is 17.4 Å². The second kappa shape index (κ2) is 7.31. The van der Waals surface area contributed by atoms with E-state index in [2.05, 4.69) is 0 Å². The van der Waals surface area contributed by atoms with Crippen LogP contribution in [-0.2, 0) is 17.0 Å². The molecule has 0 aromatic heterocycles. The molecule has 2 aromatic carbocycles. The van der Waals surface area contributed by atoms with Crippen molar-refractivity contribution in [1.29, 1.82) is 0 Å². The number of thioether (sulfide) groups is 1. The molecule has 1 aliphatic heterocycles. The largest absolute Gasteiger partial charge is 0.416 e. The van der Waals surface area contributed by atoms with Crippen molar-refractivity contribution in [3.05, 3.63) is 71.3 Å². The molecule has 0 N–H and O–H groups in total. The van der Waals surface area contributed by atoms with Crippen molar-refractivity contribution in [2.45, 2.75) is 23.1 Å². The Morgan fingerprint density at radius 1 is 1.00 bits per heavy atom. The van der Waals surface area contributed by atoms with E-state index >= 15 is 0 Å². The molecule has 1 fully saturated rings. The van der Waals surface area contributed by atoms with Crippen LogP contribution in [0.3, 0.4) is 0 Å². The smallest absolute Gasteiger partial charge is 0.258 e. The zero-order chi connectivity index (χ0) is 17.2. The van der Waals surface area contributed by atoms with Gasteiger partial charge in [-0.3, -0.25) is 4.21 Å². The Morgan fingerprint density at radius 3 is 2.21 bits per heavy atom. The first-order valence-corrected chi connectivity index (χ1v) is 10.1. The normalized spacial score (nSPS) is 23.0. The van der Waals surface area contributed by atoms with Crippen LogP contribution in [0.5, 0.6) is 0 Å². The maximum absolute atomic E-state index is 12.8. The van der Waals surface area contributed by atoms with Crippen LogP contribution in [0.1, 0.15) is 29.0 Å². The summed E-state index contributed by atoms with van der Waals surface area (Å²) in [5.41, 5.74) is 1.11. The molecule has 1 aliphatic rings. The third-order valence-corrected chi connectivity index (χ3v) is 7.72. The average Bonchev–Trinajstić information content (AvgIpc) is 2.58. The van der Waals surface area contributed by atoms with Gasteiger partial charge in [0.25, 0.3) is 0 Å². The van der Waals surface area contributed by atoms with Crippen LogP contribution in [0.25, 0.3) is 0 Å². The third-order valence-electron chi connectivity index (χ3n) is 4.06. The molecule has 3 atom stereocenters. The van der Waals surface area contributed by atoms with E-state index in [0.29, 0.717) is 5.75 Å². The van der Waals surface area contributed by atoms with Crippen LogP contribution in [0.4, 0.5) is 13.2 Å². The molecule has 128 valence electrons. The molecule has 2 aromatic rings. The van der Waals surface area contributed by atoms with E-state index in [1.807, 2.05) is 30.3 Å². The van der Waals surface area contributed by atoms with Gasteiger partial charge in [0.1, 0.15) is 0 Å². The Bertz CT molecular complexity index is 698. The van der Waals surface area contributed by atoms with Gasteiger partial charge in [0, 0.05) is 22.5 Å². The number of halogens is 3. The summed E-state index contributed by atoms with van der Waals surface area (Å²) in [4.78, 5) is 0. The number of hydrogen-bond acceptors (Lipinski definition) is 2. The Morgan fingerprint density at radius 2 is 1.62 bits per heavy atom. The van der Waals surface area contributed by atoms with Gasteiger partial charge in [0.05, 0.1) is 10.1 Å². The van der Waals surface area contributed by atoms with Crippen molar-refractivity contribution in [3.63, 3.8) is 0 Å². The van der Waals surface area contributed by atoms with Gasteiger partial charge in [-0.05, 0) is 35.4 Å². The topological polar surface area (TPSA) is 17.1 Å². The van der Waals surface area contributed by atoms with Gasteiger partial charge in [0.2, 0.25) is 0 Å². The lowest BCUT2D eigenvalue weighted by atomic mass is 9.92. The monoisotopic (exact) mass is 370 g/mol. The van der Waals surface area contributed by atoms with E-state index in [1.54, 1.807) is 11.8 Å². The molecule has 24 heavy (non-hydrogen) atoms. The lowest BCUT2D eigenvalue weighted by Crippen LogP contribution is -2.28. The summed E-state index contributed by atoms with van der Waals surface area (Å²) in [5.74, 6) is 1.42. The maximum Gasteiger partial charge on any atom is 0.416 e. The lowest BCUT2D eigenvalue weighted by Gasteiger charge is -2.30. The van der Waals surface area contributed by atoms with Crippen LogP contribution in [-0.4, -0.2) is 20.3 Å². The minimum absolute atomic E-state index is 0.127. The zero-order valence-corrected chi connectivity index (χ0v) is 14.5. The molecule has 1 unspecified atom stereocenters. The van der Waals surface area contributed by atoms with E-state index in [-0.39, 0.29) is 10.5 Å². The molecule has 6 heteroatoms. The predicted molar refractivity (Wildman–Crippen MR) is 93.6 cm³/mol. The van der Waals surface area contributed by atoms with Gasteiger partial charge in [0.15, 0.2) is 0 Å². The highest BCUT2D eigenvalue weighted by Gasteiger charge is 2.34. The molecule has 1 saturated heterocycles. The highest BCUT2D eigenvalue weighted by molar-refractivity contribution is 8.11. The van der Waals surface area contributed by atoms with Crippen molar-refractivity contribution >= 4 is 22.6 Å². The average molecular weight is 370 g/mol. The van der Waals surface area contributed by atoms with E-state index in [4.69, 9.17) is 0 Å². The molecule has 0 spiro atoms. The van der Waals surface area contributed by atoms with Crippen LogP contribution >= 0.6 is 11.8 Å². The molecule has 3 rings (SSSR count). The Balaban J connectivity index is 2.00. The minimum Gasteiger partial charge on any atom is -0.258 e. The fourth-order valence-electron chi connectivity index (χ4n) is 2.89. The zero-order valence-electron chi connectivity index (χ0n) is 12.8. The summed E-state index contributed by atoms with van der Waals surface area (Å²) in [6.07, 6.45) is -3.43. The van der Waals surface area contributed by atoms with Gasteiger partial charge in [-0.15, -0.1) is 11.8 Å². The highest BCUT2D eigenvalue weighted by Crippen LogP contribution is 2.40. The van der Waals surface area contributed by atoms with Gasteiger partial charge in [-0.2, -0.15) is 13.2 Å². The van der Waals surface area contributed by atoms with Gasteiger partial charge >= 0.3 is 6.18 Å². The SMILES string of the molecule is O=S1CCCS[C@@H]1[C@@H](c1ccccc1)c1ccc(C(F)(F)F)cc1. The second-order valence-corrected chi connectivity index (χ2v) is 8.91. The first kappa shape index (κ1) is 17.5. The molecule has 0 aliphatic carbocycles. The quantitative estimate of drug-likeness (QED) is 0.752. The van der Waals surface area contributed by atoms with Crippen molar-refractivity contribution in [2.24, 2.45) is 0 Å². The van der Waals surface area contributed by atoms with E-state index in [9.17, 15) is 17.4 Å². The molecule has 0 bridgehead atoms. The Kier molecular flexibility index (Phi) is 5.35. The first-order chi connectivity index (χ1) is 11.5. The molecule has 1 nitrogen and oxygen atoms in total. The van der Waals surface area contributed by atoms with Crippen molar-refractivity contribution in [2.75, 3.05) is 11.5 Å². The first-order valence-electron chi connectivity index (χ1n) is 7.68. The fourth-order valence-corrected chi connectivity index (χ4v) is 6.58. The van der Waals surface area contributed by atoms with Gasteiger partial charge < -0.3 is 0 Å². The second-order valence-electron chi connectivity index (χ2n) is 5.69. The summed E-state index contributed by atoms with van der Waals surface area (Å²) < 4.78 is 50.8. The van der Waals surface area contributed by atoms with Gasteiger partial charge in [-0.25, -0.2) is 0 Å². The summed E-state index contributed by atoms with van der Waals surface area (Å²) in [5, 5.41) is 0. The summed E-state index contributed by atoms with van der Waals surface area (Å²) >= 11 is 1.66. The van der Waals surface area contributed by atoms with Crippen LogP contribution < -0.4 is 0 Å². The highest BCUT2D eigenvalue weighted by atomic mass is 32.2. The van der Waals surface area contributed by atoms with Crippen molar-refractivity contribution in [1.82, 2.24) is 0 Å². The van der Waals surface area contributed by atoms with Crippen molar-refractivity contribution in [3.8, 4) is 0 Å². The summed E-state index contributed by atoms with van der Waals surface area (Å²) in [6, 6.07) is 14.9. The Hall–Kier alpha value is -1.27. The Labute approximate surface area is 146 Å². The number of hydrogen-bond donors (Lipinski definition) is 0. The minimum atomic E-state index is -4.34. The van der Waals surface area contributed by atoms with Crippen LogP contribution in [0.2, 0.25) is 0 Å². The molecule has 1 heterocycles. The predicted octanol–water partition coefficient (Wildman–Crippen LogP) is 5.05. The lowest BCUT2D eigenvalue weighted by molar-refractivity contribution is -0.137. The maximum atomic E-state index is 12.8. The number of alkyl halides is 3. The van der Waals surface area contributed by atoms with Gasteiger partial charge in [-0.1, -0.05) is 42.5 Å². The summed E-state index contributed by atoms with van der Waals surface area (Å²) in [7, 11) is -0.991. The van der Waals surface area contributed by atoms with Crippen LogP contribution in [0.15, 0.2) is 54.6 Å². The molecular weight excluding hydrogens is 353 g/mol. The van der Waals surface area contributed by atoms with E-state index in [0.717, 1.165) is 35.4 Å². The molecule has 0 radical (unpaired) electrons. The third kappa shape index (κ3) is 3.86. The van der Waals surface area contributed by atoms with E-state index in [1.165, 1.54) is 12.1 Å². The number of benzene rings is 2. The number of rotatable bonds is 3. The van der Waals surface area contributed by atoms with E-state index < -0.39 is 22.5 Å². The molecule has 0 amide bonds. The molecular formula is C18H17F3OS2. The van der Waals surface area contributed by atoms with Crippen LogP contribution in [0, 0.1) is 0 Å².